The van der Waals surface area contributed by atoms with Gasteiger partial charge < -0.3 is 4.90 Å². The fourth-order valence-corrected chi connectivity index (χ4v) is 2.34. The Morgan fingerprint density at radius 2 is 2.60 bits per heavy atom. The van der Waals surface area contributed by atoms with Gasteiger partial charge in [0.25, 0.3) is 0 Å². The van der Waals surface area contributed by atoms with Gasteiger partial charge in [0.1, 0.15) is 0 Å². The Kier molecular flexibility index (Phi) is 1.35. The molecule has 1 aliphatic rings. The molecule has 0 amide bonds. The number of nitrogens with zero attached hydrogens (tertiary/aromatic N) is 2. The monoisotopic (exact) mass is 152 g/mol. The third kappa shape index (κ3) is 0.800. The van der Waals surface area contributed by atoms with Gasteiger partial charge in [0, 0.05) is 36.7 Å². The third-order valence-electron chi connectivity index (χ3n) is 1.72. The zero-order valence-electron chi connectivity index (χ0n) is 5.83. The zero-order chi connectivity index (χ0) is 6.97. The number of hydrogen-bond donors (Lipinski definition) is 0. The molecule has 0 saturated heterocycles. The minimum absolute atomic E-state index is 0.923. The molecule has 0 radical (unpaired) electrons. The van der Waals surface area contributed by atoms with Crippen molar-refractivity contribution >= 4 is 19.6 Å². The summed E-state index contributed by atoms with van der Waals surface area (Å²) in [6.45, 7) is 0. The van der Waals surface area contributed by atoms with Gasteiger partial charge in [0.15, 0.2) is 0 Å². The van der Waals surface area contributed by atoms with Gasteiger partial charge in [-0.3, -0.25) is 4.98 Å². The van der Waals surface area contributed by atoms with E-state index in [0.717, 1.165) is 8.58 Å². The summed E-state index contributed by atoms with van der Waals surface area (Å²) in [5, 5.41) is 1.41. The van der Waals surface area contributed by atoms with Gasteiger partial charge in [-0.05, 0) is 6.07 Å². The van der Waals surface area contributed by atoms with E-state index in [0.29, 0.717) is 0 Å². The highest BCUT2D eigenvalue weighted by Gasteiger charge is 2.13. The number of fused-ring (bicyclic) bond motifs is 1. The van der Waals surface area contributed by atoms with E-state index in [2.05, 4.69) is 23.0 Å². The molecule has 1 aliphatic heterocycles. The Morgan fingerprint density at radius 1 is 1.70 bits per heavy atom. The molecule has 0 spiro atoms. The van der Waals surface area contributed by atoms with E-state index in [9.17, 15) is 0 Å². The molecule has 1 unspecified atom stereocenters. The molecule has 0 bridgehead atoms. The maximum absolute atomic E-state index is 4.07. The lowest BCUT2D eigenvalue weighted by Gasteiger charge is -2.09. The lowest BCUT2D eigenvalue weighted by Crippen LogP contribution is -2.11. The smallest absolute Gasteiger partial charge is 0.0473 e. The maximum atomic E-state index is 4.07. The molecule has 2 heterocycles. The van der Waals surface area contributed by atoms with Crippen LogP contribution >= 0.6 is 8.58 Å². The molecule has 0 aliphatic carbocycles. The van der Waals surface area contributed by atoms with Crippen LogP contribution in [0.3, 0.4) is 0 Å². The molecule has 1 aromatic heterocycles. The molecule has 0 N–H and O–H groups in total. The van der Waals surface area contributed by atoms with Gasteiger partial charge in [-0.15, -0.1) is 0 Å². The Morgan fingerprint density at radius 3 is 3.40 bits per heavy atom. The Bertz CT molecular complexity index is 249. The first-order valence-electron chi connectivity index (χ1n) is 3.27. The fourth-order valence-electron chi connectivity index (χ4n) is 1.15. The molecular weight excluding hydrogens is 143 g/mol. The molecule has 1 atom stereocenters. The first kappa shape index (κ1) is 6.11. The fraction of sp³-hybridized carbons (Fsp3) is 0.286. The van der Waals surface area contributed by atoms with Gasteiger partial charge in [0.05, 0.1) is 0 Å². The van der Waals surface area contributed by atoms with Gasteiger partial charge in [-0.1, -0.05) is 8.58 Å². The Labute approximate surface area is 62.0 Å². The van der Waals surface area contributed by atoms with Crippen LogP contribution in [0, 0.1) is 0 Å². The first-order valence-corrected chi connectivity index (χ1v) is 4.47. The number of anilines is 1. The largest absolute Gasteiger partial charge is 0.370 e. The van der Waals surface area contributed by atoms with Crippen molar-refractivity contribution in [2.45, 2.75) is 0 Å². The summed E-state index contributed by atoms with van der Waals surface area (Å²) in [4.78, 5) is 6.34. The van der Waals surface area contributed by atoms with Crippen LogP contribution in [0.4, 0.5) is 5.69 Å². The quantitative estimate of drug-likeness (QED) is 0.511. The molecule has 3 heteroatoms. The molecule has 1 aromatic rings. The van der Waals surface area contributed by atoms with Crippen molar-refractivity contribution in [2.24, 2.45) is 0 Å². The number of rotatable bonds is 0. The Hall–Kier alpha value is -0.620. The molecule has 0 fully saturated rings. The van der Waals surface area contributed by atoms with E-state index in [1.165, 1.54) is 17.3 Å². The standard InChI is InChI=1S/C7H9N2P/c1-9-5-10-7-4-8-3-2-6(7)9/h2-4,10H,5H2,1H3. The van der Waals surface area contributed by atoms with Crippen LogP contribution < -0.4 is 10.2 Å². The van der Waals surface area contributed by atoms with Gasteiger partial charge >= 0.3 is 0 Å². The van der Waals surface area contributed by atoms with Crippen LogP contribution in [-0.4, -0.2) is 18.3 Å². The molecule has 10 heavy (non-hydrogen) atoms. The topological polar surface area (TPSA) is 16.1 Å². The summed E-state index contributed by atoms with van der Waals surface area (Å²) in [5.74, 6) is 0. The minimum Gasteiger partial charge on any atom is -0.370 e. The summed E-state index contributed by atoms with van der Waals surface area (Å²) in [6, 6.07) is 2.08. The summed E-state index contributed by atoms with van der Waals surface area (Å²) in [7, 11) is 3.05. The predicted octanol–water partition coefficient (Wildman–Crippen LogP) is 0.793. The summed E-state index contributed by atoms with van der Waals surface area (Å²) < 4.78 is 0. The van der Waals surface area contributed by atoms with Gasteiger partial charge in [-0.2, -0.15) is 0 Å². The lowest BCUT2D eigenvalue weighted by atomic mass is 10.4. The van der Waals surface area contributed by atoms with Crippen molar-refractivity contribution in [3.63, 3.8) is 0 Å². The van der Waals surface area contributed by atoms with Gasteiger partial charge in [-0.25, -0.2) is 0 Å². The van der Waals surface area contributed by atoms with E-state index in [4.69, 9.17) is 0 Å². The third-order valence-corrected chi connectivity index (χ3v) is 3.11. The average Bonchev–Trinajstić information content (AvgIpc) is 2.34. The number of pyridine rings is 1. The van der Waals surface area contributed by atoms with Crippen molar-refractivity contribution in [2.75, 3.05) is 18.2 Å². The van der Waals surface area contributed by atoms with E-state index in [1.807, 2.05) is 12.4 Å². The van der Waals surface area contributed by atoms with Crippen LogP contribution in [0.5, 0.6) is 0 Å². The predicted molar refractivity (Wildman–Crippen MR) is 45.5 cm³/mol. The second-order valence-electron chi connectivity index (χ2n) is 2.43. The molecular formula is C7H9N2P. The molecule has 0 saturated carbocycles. The molecule has 52 valence electrons. The van der Waals surface area contributed by atoms with Crippen LogP contribution in [0.1, 0.15) is 0 Å². The first-order chi connectivity index (χ1) is 4.88. The maximum Gasteiger partial charge on any atom is 0.0473 e. The van der Waals surface area contributed by atoms with Gasteiger partial charge in [0.2, 0.25) is 0 Å². The second-order valence-corrected chi connectivity index (χ2v) is 3.63. The van der Waals surface area contributed by atoms with E-state index >= 15 is 0 Å². The van der Waals surface area contributed by atoms with Crippen molar-refractivity contribution in [1.82, 2.24) is 4.98 Å². The normalized spacial score (nSPS) is 17.9. The molecule has 2 nitrogen and oxygen atoms in total. The summed E-state index contributed by atoms with van der Waals surface area (Å²) in [6.07, 6.45) is 4.99. The minimum atomic E-state index is 0.923. The van der Waals surface area contributed by atoms with Crippen LogP contribution in [0.25, 0.3) is 0 Å². The molecule has 2 rings (SSSR count). The van der Waals surface area contributed by atoms with Crippen LogP contribution in [0.2, 0.25) is 0 Å². The van der Waals surface area contributed by atoms with E-state index in [-0.39, 0.29) is 0 Å². The molecule has 0 aromatic carbocycles. The number of aromatic nitrogens is 1. The average molecular weight is 152 g/mol. The lowest BCUT2D eigenvalue weighted by molar-refractivity contribution is 1.11. The van der Waals surface area contributed by atoms with Crippen molar-refractivity contribution in [1.29, 1.82) is 0 Å². The summed E-state index contributed by atoms with van der Waals surface area (Å²) >= 11 is 0. The SMILES string of the molecule is CN1CPc2cnccc21. The van der Waals surface area contributed by atoms with Crippen molar-refractivity contribution in [3.05, 3.63) is 18.5 Å². The second kappa shape index (κ2) is 2.21. The highest BCUT2D eigenvalue weighted by atomic mass is 31.1. The van der Waals surface area contributed by atoms with E-state index in [1.54, 1.807) is 0 Å². The highest BCUT2D eigenvalue weighted by molar-refractivity contribution is 7.48. The summed E-state index contributed by atoms with van der Waals surface area (Å²) in [5.41, 5.74) is 1.35. The van der Waals surface area contributed by atoms with Crippen molar-refractivity contribution < 1.29 is 0 Å². The van der Waals surface area contributed by atoms with E-state index < -0.39 is 0 Å². The zero-order valence-corrected chi connectivity index (χ0v) is 6.83. The van der Waals surface area contributed by atoms with Crippen molar-refractivity contribution in [3.8, 4) is 0 Å². The highest BCUT2D eigenvalue weighted by Crippen LogP contribution is 2.27. The number of hydrogen-bond acceptors (Lipinski definition) is 2. The van der Waals surface area contributed by atoms with Crippen LogP contribution in [-0.2, 0) is 0 Å². The Balaban J connectivity index is 2.51. The van der Waals surface area contributed by atoms with Crippen LogP contribution in [0.15, 0.2) is 18.5 Å².